The lowest BCUT2D eigenvalue weighted by Crippen LogP contribution is -2.38. The fourth-order valence-electron chi connectivity index (χ4n) is 2.31. The molecule has 1 atom stereocenters. The van der Waals surface area contributed by atoms with Crippen LogP contribution < -0.4 is 0 Å². The van der Waals surface area contributed by atoms with Gasteiger partial charge in [-0.3, -0.25) is 9.69 Å². The number of carbonyl (C=O) groups is 1. The van der Waals surface area contributed by atoms with E-state index in [4.69, 9.17) is 28.3 Å². The van der Waals surface area contributed by atoms with Crippen LogP contribution in [-0.2, 0) is 11.3 Å². The molecular formula is C13H15Cl2NO2. The minimum Gasteiger partial charge on any atom is -0.481 e. The molecule has 1 aliphatic rings. The van der Waals surface area contributed by atoms with Gasteiger partial charge in [0.05, 0.1) is 5.92 Å². The molecule has 3 nitrogen and oxygen atoms in total. The van der Waals surface area contributed by atoms with Gasteiger partial charge in [-0.15, -0.1) is 0 Å². The first-order chi connectivity index (χ1) is 8.58. The zero-order valence-electron chi connectivity index (χ0n) is 9.90. The van der Waals surface area contributed by atoms with Gasteiger partial charge in [-0.1, -0.05) is 29.3 Å². The number of benzene rings is 1. The molecular weight excluding hydrogens is 273 g/mol. The van der Waals surface area contributed by atoms with Crippen LogP contribution in [0.15, 0.2) is 18.2 Å². The van der Waals surface area contributed by atoms with E-state index in [1.165, 1.54) is 0 Å². The van der Waals surface area contributed by atoms with Gasteiger partial charge >= 0.3 is 5.97 Å². The van der Waals surface area contributed by atoms with E-state index in [0.717, 1.165) is 24.9 Å². The number of nitrogens with zero attached hydrogens (tertiary/aromatic N) is 1. The van der Waals surface area contributed by atoms with Gasteiger partial charge in [0.1, 0.15) is 0 Å². The summed E-state index contributed by atoms with van der Waals surface area (Å²) in [4.78, 5) is 13.1. The van der Waals surface area contributed by atoms with Gasteiger partial charge in [0, 0.05) is 28.7 Å². The number of hydrogen-bond donors (Lipinski definition) is 1. The number of hydrogen-bond acceptors (Lipinski definition) is 2. The van der Waals surface area contributed by atoms with Crippen molar-refractivity contribution in [3.8, 4) is 0 Å². The summed E-state index contributed by atoms with van der Waals surface area (Å²) in [6.45, 7) is 2.07. The number of rotatable bonds is 3. The topological polar surface area (TPSA) is 40.5 Å². The SMILES string of the molecule is O=C(O)[C@@H]1CCCN(Cc2c(Cl)cccc2Cl)C1. The number of carboxylic acid groups (broad SMARTS) is 1. The van der Waals surface area contributed by atoms with E-state index >= 15 is 0 Å². The second kappa shape index (κ2) is 5.91. The average Bonchev–Trinajstić information content (AvgIpc) is 2.34. The predicted molar refractivity (Wildman–Crippen MR) is 72.1 cm³/mol. The molecule has 0 radical (unpaired) electrons. The summed E-state index contributed by atoms with van der Waals surface area (Å²) in [6, 6.07) is 5.42. The number of aliphatic carboxylic acids is 1. The van der Waals surface area contributed by atoms with Gasteiger partial charge in [-0.05, 0) is 31.5 Å². The van der Waals surface area contributed by atoms with Crippen molar-refractivity contribution in [2.24, 2.45) is 5.92 Å². The van der Waals surface area contributed by atoms with Crippen LogP contribution in [0.3, 0.4) is 0 Å². The molecule has 1 fully saturated rings. The Morgan fingerprint density at radius 3 is 2.67 bits per heavy atom. The van der Waals surface area contributed by atoms with Gasteiger partial charge in [-0.2, -0.15) is 0 Å². The summed E-state index contributed by atoms with van der Waals surface area (Å²) in [6.07, 6.45) is 1.65. The molecule has 1 aliphatic heterocycles. The Morgan fingerprint density at radius 1 is 1.39 bits per heavy atom. The third-order valence-electron chi connectivity index (χ3n) is 3.30. The zero-order valence-corrected chi connectivity index (χ0v) is 11.4. The van der Waals surface area contributed by atoms with Crippen molar-refractivity contribution in [1.29, 1.82) is 0 Å². The lowest BCUT2D eigenvalue weighted by atomic mass is 9.98. The van der Waals surface area contributed by atoms with E-state index in [2.05, 4.69) is 4.90 Å². The second-order valence-electron chi connectivity index (χ2n) is 4.61. The van der Waals surface area contributed by atoms with E-state index in [1.54, 1.807) is 12.1 Å². The predicted octanol–water partition coefficient (Wildman–Crippen LogP) is 3.29. The first kappa shape index (κ1) is 13.7. The number of halogens is 2. The maximum absolute atomic E-state index is 11.0. The first-order valence-electron chi connectivity index (χ1n) is 5.96. The maximum Gasteiger partial charge on any atom is 0.307 e. The van der Waals surface area contributed by atoms with E-state index in [-0.39, 0.29) is 5.92 Å². The Hall–Kier alpha value is -0.770. The highest BCUT2D eigenvalue weighted by atomic mass is 35.5. The monoisotopic (exact) mass is 287 g/mol. The van der Waals surface area contributed by atoms with Crippen LogP contribution in [0, 0.1) is 5.92 Å². The molecule has 1 saturated heterocycles. The van der Waals surface area contributed by atoms with Crippen molar-refractivity contribution in [1.82, 2.24) is 4.90 Å². The molecule has 0 spiro atoms. The van der Waals surface area contributed by atoms with Gasteiger partial charge < -0.3 is 5.11 Å². The smallest absolute Gasteiger partial charge is 0.307 e. The Balaban J connectivity index is 2.07. The standard InChI is InChI=1S/C13H15Cl2NO2/c14-11-4-1-5-12(15)10(11)8-16-6-2-3-9(7-16)13(17)18/h1,4-5,9H,2-3,6-8H2,(H,17,18)/t9-/m1/s1. The van der Waals surface area contributed by atoms with Crippen molar-refractivity contribution in [3.63, 3.8) is 0 Å². The van der Waals surface area contributed by atoms with E-state index < -0.39 is 5.97 Å². The molecule has 1 aromatic rings. The van der Waals surface area contributed by atoms with Crippen LogP contribution in [0.25, 0.3) is 0 Å². The maximum atomic E-state index is 11.0. The third kappa shape index (κ3) is 3.16. The van der Waals surface area contributed by atoms with E-state index in [9.17, 15) is 4.79 Å². The Morgan fingerprint density at radius 2 is 2.06 bits per heavy atom. The number of piperidine rings is 1. The van der Waals surface area contributed by atoms with Crippen LogP contribution >= 0.6 is 23.2 Å². The van der Waals surface area contributed by atoms with Crippen LogP contribution in [-0.4, -0.2) is 29.1 Å². The number of likely N-dealkylation sites (tertiary alicyclic amines) is 1. The molecule has 1 aromatic carbocycles. The molecule has 1 heterocycles. The van der Waals surface area contributed by atoms with E-state index in [0.29, 0.717) is 23.1 Å². The first-order valence-corrected chi connectivity index (χ1v) is 6.71. The van der Waals surface area contributed by atoms with Crippen molar-refractivity contribution >= 4 is 29.2 Å². The lowest BCUT2D eigenvalue weighted by Gasteiger charge is -2.31. The third-order valence-corrected chi connectivity index (χ3v) is 4.01. The van der Waals surface area contributed by atoms with Crippen molar-refractivity contribution in [2.75, 3.05) is 13.1 Å². The molecule has 0 aliphatic carbocycles. The quantitative estimate of drug-likeness (QED) is 0.927. The fourth-order valence-corrected chi connectivity index (χ4v) is 2.82. The van der Waals surface area contributed by atoms with Crippen LogP contribution in [0.5, 0.6) is 0 Å². The molecule has 0 amide bonds. The normalized spacial score (nSPS) is 20.9. The van der Waals surface area contributed by atoms with Crippen LogP contribution in [0.2, 0.25) is 10.0 Å². The van der Waals surface area contributed by atoms with Gasteiger partial charge in [0.25, 0.3) is 0 Å². The molecule has 0 aromatic heterocycles. The molecule has 0 bridgehead atoms. The minimum absolute atomic E-state index is 0.278. The molecule has 0 saturated carbocycles. The van der Waals surface area contributed by atoms with Gasteiger partial charge in [0.2, 0.25) is 0 Å². The molecule has 2 rings (SSSR count). The van der Waals surface area contributed by atoms with Crippen molar-refractivity contribution in [3.05, 3.63) is 33.8 Å². The van der Waals surface area contributed by atoms with E-state index in [1.807, 2.05) is 6.07 Å². The molecule has 98 valence electrons. The van der Waals surface area contributed by atoms with Crippen molar-refractivity contribution in [2.45, 2.75) is 19.4 Å². The van der Waals surface area contributed by atoms with Gasteiger partial charge in [0.15, 0.2) is 0 Å². The summed E-state index contributed by atoms with van der Waals surface area (Å²) in [7, 11) is 0. The average molecular weight is 288 g/mol. The Labute approximate surface area is 116 Å². The highest BCUT2D eigenvalue weighted by molar-refractivity contribution is 6.35. The Bertz CT molecular complexity index is 430. The fraction of sp³-hybridized carbons (Fsp3) is 0.462. The van der Waals surface area contributed by atoms with Crippen molar-refractivity contribution < 1.29 is 9.90 Å². The molecule has 0 unspecified atom stereocenters. The number of carboxylic acids is 1. The largest absolute Gasteiger partial charge is 0.481 e. The van der Waals surface area contributed by atoms with Gasteiger partial charge in [-0.25, -0.2) is 0 Å². The molecule has 1 N–H and O–H groups in total. The Kier molecular flexibility index (Phi) is 4.49. The summed E-state index contributed by atoms with van der Waals surface area (Å²) < 4.78 is 0. The summed E-state index contributed by atoms with van der Waals surface area (Å²) >= 11 is 12.2. The second-order valence-corrected chi connectivity index (χ2v) is 5.43. The van der Waals surface area contributed by atoms with Crippen LogP contribution in [0.4, 0.5) is 0 Å². The summed E-state index contributed by atoms with van der Waals surface area (Å²) in [5.41, 5.74) is 0.881. The lowest BCUT2D eigenvalue weighted by molar-refractivity contribution is -0.143. The summed E-state index contributed by atoms with van der Waals surface area (Å²) in [5, 5.41) is 10.3. The van der Waals surface area contributed by atoms with Crippen LogP contribution in [0.1, 0.15) is 18.4 Å². The highest BCUT2D eigenvalue weighted by Gasteiger charge is 2.25. The molecule has 18 heavy (non-hydrogen) atoms. The summed E-state index contributed by atoms with van der Waals surface area (Å²) in [5.74, 6) is -0.995. The minimum atomic E-state index is -0.718. The molecule has 5 heteroatoms. The highest BCUT2D eigenvalue weighted by Crippen LogP contribution is 2.27. The zero-order chi connectivity index (χ0) is 13.1.